The average molecular weight is 217 g/mol. The third kappa shape index (κ3) is 1.76. The van der Waals surface area contributed by atoms with E-state index in [4.69, 9.17) is 11.0 Å². The van der Waals surface area contributed by atoms with E-state index in [9.17, 15) is 4.39 Å². The van der Waals surface area contributed by atoms with E-state index in [0.29, 0.717) is 11.3 Å². The molecule has 16 heavy (non-hydrogen) atoms. The molecule has 0 bridgehead atoms. The van der Waals surface area contributed by atoms with Gasteiger partial charge < -0.3 is 5.73 Å². The Morgan fingerprint density at radius 3 is 2.94 bits per heavy atom. The van der Waals surface area contributed by atoms with Gasteiger partial charge in [-0.3, -0.25) is 0 Å². The fraction of sp³-hybridized carbons (Fsp3) is 0.100. The van der Waals surface area contributed by atoms with Gasteiger partial charge in [0.2, 0.25) is 0 Å². The van der Waals surface area contributed by atoms with Crippen LogP contribution in [0.3, 0.4) is 0 Å². The van der Waals surface area contributed by atoms with E-state index >= 15 is 0 Å². The summed E-state index contributed by atoms with van der Waals surface area (Å²) in [5.74, 6) is -0.294. The Morgan fingerprint density at radius 2 is 2.31 bits per heavy atom. The van der Waals surface area contributed by atoms with Crippen LogP contribution >= 0.6 is 0 Å². The highest BCUT2D eigenvalue weighted by atomic mass is 19.1. The van der Waals surface area contributed by atoms with E-state index in [2.05, 4.69) is 10.1 Å². The highest BCUT2D eigenvalue weighted by Crippen LogP contribution is 2.14. The first kappa shape index (κ1) is 10.3. The monoisotopic (exact) mass is 217 g/mol. The van der Waals surface area contributed by atoms with Crippen molar-refractivity contribution in [1.29, 1.82) is 5.26 Å². The number of nitrogens with zero attached hydrogens (tertiary/aromatic N) is 4. The summed E-state index contributed by atoms with van der Waals surface area (Å²) in [7, 11) is 0. The summed E-state index contributed by atoms with van der Waals surface area (Å²) in [4.78, 5) is 3.77. The van der Waals surface area contributed by atoms with Gasteiger partial charge in [-0.15, -0.1) is 5.10 Å². The molecule has 1 heterocycles. The first-order valence-corrected chi connectivity index (χ1v) is 4.55. The van der Waals surface area contributed by atoms with Crippen molar-refractivity contribution < 1.29 is 4.39 Å². The lowest BCUT2D eigenvalue weighted by molar-refractivity contribution is 0.624. The van der Waals surface area contributed by atoms with Gasteiger partial charge >= 0.3 is 0 Å². The van der Waals surface area contributed by atoms with Gasteiger partial charge in [-0.2, -0.15) is 5.26 Å². The minimum absolute atomic E-state index is 0.0623. The first-order chi connectivity index (χ1) is 7.74. The fourth-order valence-corrected chi connectivity index (χ4v) is 1.37. The van der Waals surface area contributed by atoms with Crippen molar-refractivity contribution in [3.8, 4) is 11.8 Å². The smallest absolute Gasteiger partial charge is 0.252 e. The fourth-order valence-electron chi connectivity index (χ4n) is 1.37. The maximum Gasteiger partial charge on any atom is 0.252 e. The van der Waals surface area contributed by atoms with E-state index in [0.717, 1.165) is 0 Å². The van der Waals surface area contributed by atoms with Crippen molar-refractivity contribution in [1.82, 2.24) is 14.8 Å². The average Bonchev–Trinajstić information content (AvgIpc) is 2.77. The molecule has 1 aromatic carbocycles. The molecule has 0 amide bonds. The summed E-state index contributed by atoms with van der Waals surface area (Å²) in [5.41, 5.74) is 6.73. The van der Waals surface area contributed by atoms with E-state index in [1.165, 1.54) is 23.1 Å². The maximum absolute atomic E-state index is 13.0. The minimum Gasteiger partial charge on any atom is -0.326 e. The van der Waals surface area contributed by atoms with Gasteiger partial charge in [0.05, 0.1) is 5.69 Å². The topological polar surface area (TPSA) is 80.5 Å². The molecule has 0 spiro atoms. The van der Waals surface area contributed by atoms with Gasteiger partial charge in [-0.1, -0.05) is 0 Å². The molecule has 0 aliphatic heterocycles. The summed E-state index contributed by atoms with van der Waals surface area (Å²) >= 11 is 0. The molecular formula is C10H8FN5. The summed E-state index contributed by atoms with van der Waals surface area (Å²) in [6, 6.07) is 6.01. The highest BCUT2D eigenvalue weighted by molar-refractivity contribution is 5.40. The normalized spacial score (nSPS) is 10.1. The maximum atomic E-state index is 13.0. The Labute approximate surface area is 90.9 Å². The van der Waals surface area contributed by atoms with Crippen molar-refractivity contribution in [2.24, 2.45) is 5.73 Å². The number of hydrogen-bond acceptors (Lipinski definition) is 4. The van der Waals surface area contributed by atoms with Crippen molar-refractivity contribution in [2.75, 3.05) is 0 Å². The second-order valence-corrected chi connectivity index (χ2v) is 3.10. The zero-order valence-corrected chi connectivity index (χ0v) is 8.26. The summed E-state index contributed by atoms with van der Waals surface area (Å²) in [6.07, 6.45) is 1.39. The molecule has 1 aromatic heterocycles. The van der Waals surface area contributed by atoms with Crippen LogP contribution in [0, 0.1) is 17.1 Å². The number of aromatic nitrogens is 3. The van der Waals surface area contributed by atoms with Crippen LogP contribution in [0.4, 0.5) is 4.39 Å². The zero-order chi connectivity index (χ0) is 11.5. The lowest BCUT2D eigenvalue weighted by Gasteiger charge is -2.06. The predicted molar refractivity (Wildman–Crippen MR) is 53.9 cm³/mol. The molecule has 2 rings (SSSR count). The predicted octanol–water partition coefficient (Wildman–Crippen LogP) is 0.737. The molecule has 0 unspecified atom stereocenters. The van der Waals surface area contributed by atoms with Crippen LogP contribution in [0.5, 0.6) is 0 Å². The second kappa shape index (κ2) is 4.08. The molecular weight excluding hydrogens is 209 g/mol. The van der Waals surface area contributed by atoms with E-state index in [-0.39, 0.29) is 18.2 Å². The van der Waals surface area contributed by atoms with E-state index < -0.39 is 0 Å². The minimum atomic E-state index is -0.357. The molecule has 80 valence electrons. The Morgan fingerprint density at radius 1 is 1.50 bits per heavy atom. The SMILES string of the molecule is N#Cc1ncn(-c2ccc(F)cc2CN)n1. The van der Waals surface area contributed by atoms with Gasteiger partial charge in [0.1, 0.15) is 18.2 Å². The van der Waals surface area contributed by atoms with Crippen LogP contribution in [-0.2, 0) is 6.54 Å². The van der Waals surface area contributed by atoms with Crippen LogP contribution < -0.4 is 5.73 Å². The molecule has 0 radical (unpaired) electrons. The number of nitriles is 1. The van der Waals surface area contributed by atoms with Gasteiger partial charge in [-0.25, -0.2) is 14.1 Å². The lowest BCUT2D eigenvalue weighted by Crippen LogP contribution is -2.05. The number of halogens is 1. The lowest BCUT2D eigenvalue weighted by atomic mass is 10.2. The summed E-state index contributed by atoms with van der Waals surface area (Å²) in [5, 5.41) is 12.5. The first-order valence-electron chi connectivity index (χ1n) is 4.55. The van der Waals surface area contributed by atoms with Crippen LogP contribution in [0.25, 0.3) is 5.69 Å². The Hall–Kier alpha value is -2.26. The van der Waals surface area contributed by atoms with E-state index in [1.807, 2.05) is 6.07 Å². The van der Waals surface area contributed by atoms with Crippen LogP contribution in [0.1, 0.15) is 11.4 Å². The van der Waals surface area contributed by atoms with Crippen molar-refractivity contribution >= 4 is 0 Å². The molecule has 2 aromatic rings. The highest BCUT2D eigenvalue weighted by Gasteiger charge is 2.07. The quantitative estimate of drug-likeness (QED) is 0.804. The van der Waals surface area contributed by atoms with Crippen LogP contribution in [0.2, 0.25) is 0 Å². The van der Waals surface area contributed by atoms with Gasteiger partial charge in [0.15, 0.2) is 0 Å². The van der Waals surface area contributed by atoms with Crippen molar-refractivity contribution in [2.45, 2.75) is 6.54 Å². The molecule has 0 aliphatic carbocycles. The number of rotatable bonds is 2. The number of hydrogen-bond donors (Lipinski definition) is 1. The van der Waals surface area contributed by atoms with Gasteiger partial charge in [-0.05, 0) is 23.8 Å². The zero-order valence-electron chi connectivity index (χ0n) is 8.26. The van der Waals surface area contributed by atoms with Crippen molar-refractivity contribution in [3.63, 3.8) is 0 Å². The summed E-state index contributed by atoms with van der Waals surface area (Å²) in [6.45, 7) is 0.189. The number of nitrogens with two attached hydrogens (primary N) is 1. The Kier molecular flexibility index (Phi) is 2.62. The van der Waals surface area contributed by atoms with Crippen molar-refractivity contribution in [3.05, 3.63) is 41.7 Å². The molecule has 0 aliphatic rings. The van der Waals surface area contributed by atoms with Crippen LogP contribution in [0.15, 0.2) is 24.5 Å². The Balaban J connectivity index is 2.51. The largest absolute Gasteiger partial charge is 0.326 e. The third-order valence-corrected chi connectivity index (χ3v) is 2.10. The molecule has 0 saturated carbocycles. The molecule has 6 heteroatoms. The third-order valence-electron chi connectivity index (χ3n) is 2.10. The molecule has 0 atom stereocenters. The summed E-state index contributed by atoms with van der Waals surface area (Å²) < 4.78 is 14.4. The van der Waals surface area contributed by atoms with Gasteiger partial charge in [0, 0.05) is 6.54 Å². The standard InChI is InChI=1S/C10H8FN5/c11-8-1-2-9(7(3-8)4-12)16-6-14-10(5-13)15-16/h1-3,6H,4,12H2. The molecule has 5 nitrogen and oxygen atoms in total. The van der Waals surface area contributed by atoms with E-state index in [1.54, 1.807) is 6.07 Å². The van der Waals surface area contributed by atoms with Gasteiger partial charge in [0.25, 0.3) is 5.82 Å². The Bertz CT molecular complexity index is 555. The number of benzene rings is 1. The molecule has 0 saturated heterocycles. The molecule has 0 fully saturated rings. The molecule has 2 N–H and O–H groups in total. The van der Waals surface area contributed by atoms with Crippen LogP contribution in [-0.4, -0.2) is 14.8 Å². The second-order valence-electron chi connectivity index (χ2n) is 3.10.